The van der Waals surface area contributed by atoms with Gasteiger partial charge in [-0.15, -0.1) is 11.3 Å². The number of benzene rings is 2. The van der Waals surface area contributed by atoms with Crippen LogP contribution in [0.3, 0.4) is 0 Å². The van der Waals surface area contributed by atoms with Crippen molar-refractivity contribution in [2.75, 3.05) is 18.6 Å². The molecule has 2 amide bonds. The maximum atomic E-state index is 15.3. The number of hydrogen-bond acceptors (Lipinski definition) is 10. The van der Waals surface area contributed by atoms with Gasteiger partial charge in [-0.1, -0.05) is 0 Å². The molecule has 3 aromatic heterocycles. The summed E-state index contributed by atoms with van der Waals surface area (Å²) in [5.41, 5.74) is 3.68. The van der Waals surface area contributed by atoms with E-state index in [1.54, 1.807) is 19.9 Å². The number of fused-ring (bicyclic) bond motifs is 2. The number of carbonyl (C=O) groups excluding carboxylic acids is 1. The highest BCUT2D eigenvalue weighted by atomic mass is 32.1. The maximum Gasteiger partial charge on any atom is 0.412 e. The summed E-state index contributed by atoms with van der Waals surface area (Å²) >= 11 is 1.34. The lowest BCUT2D eigenvalue weighted by atomic mass is 10.1. The molecule has 1 unspecified atom stereocenters. The van der Waals surface area contributed by atoms with E-state index < -0.39 is 36.1 Å². The highest BCUT2D eigenvalue weighted by molar-refractivity contribution is 7.21. The number of thiazole rings is 1. The van der Waals surface area contributed by atoms with Crippen LogP contribution >= 0.6 is 11.3 Å². The van der Waals surface area contributed by atoms with Crippen molar-refractivity contribution in [1.82, 2.24) is 25.3 Å². The van der Waals surface area contributed by atoms with Crippen molar-refractivity contribution >= 4 is 50.3 Å². The standard InChI is InChI=1S/C31H31FN6O6S/c1-15-8-20(28-24(9-15)36-27(43-5)14-34-28)30-37-23-10-21(32)25(11-26(23)45-30)44-18(4)17(3)38(31(41)42)19-6-7-22(33-13-19)29(40)35-12-16(2)39/h6-11,13-14,16-18,39H,12H2,1-5H3,(H,35,40)(H,41,42)/t16-,17?,18-/m0/s1. The minimum atomic E-state index is -1.28. The van der Waals surface area contributed by atoms with Crippen LogP contribution in [0.1, 0.15) is 36.8 Å². The summed E-state index contributed by atoms with van der Waals surface area (Å²) in [4.78, 5) is 43.3. The number of nitrogens with one attached hydrogen (secondary N) is 1. The topological polar surface area (TPSA) is 160 Å². The first kappa shape index (κ1) is 31.5. The molecule has 3 N–H and O–H groups in total. The number of anilines is 1. The van der Waals surface area contributed by atoms with Crippen molar-refractivity contribution in [1.29, 1.82) is 0 Å². The summed E-state index contributed by atoms with van der Waals surface area (Å²) < 4.78 is 27.1. The fourth-order valence-corrected chi connectivity index (χ4v) is 5.66. The summed E-state index contributed by atoms with van der Waals surface area (Å²) in [7, 11) is 1.52. The summed E-state index contributed by atoms with van der Waals surface area (Å²) in [5, 5.41) is 22.5. The van der Waals surface area contributed by atoms with Gasteiger partial charge in [-0.3, -0.25) is 9.69 Å². The van der Waals surface area contributed by atoms with Gasteiger partial charge < -0.3 is 25.0 Å². The van der Waals surface area contributed by atoms with E-state index in [-0.39, 0.29) is 23.7 Å². The minimum Gasteiger partial charge on any atom is -0.485 e. The second-order valence-corrected chi connectivity index (χ2v) is 11.6. The molecule has 5 rings (SSSR count). The number of halogens is 1. The molecule has 45 heavy (non-hydrogen) atoms. The number of aromatic nitrogens is 4. The lowest BCUT2D eigenvalue weighted by molar-refractivity contribution is 0.0919. The third-order valence-electron chi connectivity index (χ3n) is 7.07. The molecular weight excluding hydrogens is 603 g/mol. The Morgan fingerprint density at radius 1 is 1.07 bits per heavy atom. The quantitative estimate of drug-likeness (QED) is 0.186. The number of hydrogen-bond donors (Lipinski definition) is 3. The van der Waals surface area contributed by atoms with Gasteiger partial charge in [0.05, 0.1) is 58.6 Å². The Morgan fingerprint density at radius 2 is 1.84 bits per heavy atom. The first-order chi connectivity index (χ1) is 21.4. The van der Waals surface area contributed by atoms with Crippen LogP contribution in [0.25, 0.3) is 31.8 Å². The number of ether oxygens (including phenoxy) is 2. The van der Waals surface area contributed by atoms with E-state index in [4.69, 9.17) is 9.47 Å². The molecule has 2 aromatic carbocycles. The minimum absolute atomic E-state index is 0.0494. The van der Waals surface area contributed by atoms with Gasteiger partial charge in [0.2, 0.25) is 5.88 Å². The zero-order chi connectivity index (χ0) is 32.4. The monoisotopic (exact) mass is 634 g/mol. The van der Waals surface area contributed by atoms with Crippen molar-refractivity contribution in [2.24, 2.45) is 0 Å². The Bertz CT molecular complexity index is 1880. The number of carbonyl (C=O) groups is 2. The molecule has 0 bridgehead atoms. The van der Waals surface area contributed by atoms with Crippen molar-refractivity contribution in [2.45, 2.75) is 45.9 Å². The van der Waals surface area contributed by atoms with E-state index in [2.05, 4.69) is 25.3 Å². The van der Waals surface area contributed by atoms with Crippen molar-refractivity contribution in [3.05, 3.63) is 65.9 Å². The lowest BCUT2D eigenvalue weighted by Gasteiger charge is -2.31. The summed E-state index contributed by atoms with van der Waals surface area (Å²) in [6.07, 6.45) is -0.00449. The molecule has 14 heteroatoms. The van der Waals surface area contributed by atoms with Gasteiger partial charge >= 0.3 is 6.09 Å². The zero-order valence-corrected chi connectivity index (χ0v) is 25.9. The van der Waals surface area contributed by atoms with E-state index in [9.17, 15) is 19.8 Å². The van der Waals surface area contributed by atoms with Gasteiger partial charge in [0.15, 0.2) is 11.6 Å². The number of pyridine rings is 1. The fraction of sp³-hybridized carbons (Fsp3) is 0.290. The molecule has 0 spiro atoms. The molecule has 0 aliphatic carbocycles. The third kappa shape index (κ3) is 6.76. The predicted octanol–water partition coefficient (Wildman–Crippen LogP) is 5.21. The lowest BCUT2D eigenvalue weighted by Crippen LogP contribution is -2.46. The smallest absolute Gasteiger partial charge is 0.412 e. The summed E-state index contributed by atoms with van der Waals surface area (Å²) in [5.74, 6) is -0.811. The average Bonchev–Trinajstić information content (AvgIpc) is 3.41. The zero-order valence-electron chi connectivity index (χ0n) is 25.1. The highest BCUT2D eigenvalue weighted by Gasteiger charge is 2.29. The van der Waals surface area contributed by atoms with Gasteiger partial charge in [-0.2, -0.15) is 0 Å². The number of aliphatic hydroxyl groups is 1. The second kappa shape index (κ2) is 13.0. The molecular formula is C31H31FN6O6S. The van der Waals surface area contributed by atoms with E-state index in [0.717, 1.165) is 16.0 Å². The Labute approximate surface area is 261 Å². The Balaban J connectivity index is 1.38. The van der Waals surface area contributed by atoms with E-state index >= 15 is 4.39 Å². The molecule has 0 aliphatic rings. The van der Waals surface area contributed by atoms with Crippen molar-refractivity contribution in [3.63, 3.8) is 0 Å². The average molecular weight is 635 g/mol. The van der Waals surface area contributed by atoms with E-state index in [0.29, 0.717) is 32.1 Å². The van der Waals surface area contributed by atoms with E-state index in [1.807, 2.05) is 19.1 Å². The second-order valence-electron chi connectivity index (χ2n) is 10.5. The number of carboxylic acid groups (broad SMARTS) is 1. The van der Waals surface area contributed by atoms with Crippen LogP contribution in [-0.2, 0) is 0 Å². The first-order valence-electron chi connectivity index (χ1n) is 14.0. The largest absolute Gasteiger partial charge is 0.485 e. The summed E-state index contributed by atoms with van der Waals surface area (Å²) in [6, 6.07) is 8.74. The Hall–Kier alpha value is -4.95. The van der Waals surface area contributed by atoms with Crippen LogP contribution in [0.2, 0.25) is 0 Å². The van der Waals surface area contributed by atoms with Crippen LogP contribution in [0.4, 0.5) is 14.9 Å². The molecule has 0 saturated heterocycles. The van der Waals surface area contributed by atoms with Gasteiger partial charge in [-0.25, -0.2) is 29.1 Å². The van der Waals surface area contributed by atoms with Gasteiger partial charge in [0.25, 0.3) is 5.91 Å². The van der Waals surface area contributed by atoms with Crippen LogP contribution in [-0.4, -0.2) is 74.1 Å². The summed E-state index contributed by atoms with van der Waals surface area (Å²) in [6.45, 7) is 6.79. The number of aryl methyl sites for hydroxylation is 1. The van der Waals surface area contributed by atoms with Gasteiger partial charge in [0, 0.05) is 24.2 Å². The molecule has 12 nitrogen and oxygen atoms in total. The number of nitrogens with zero attached hydrogens (tertiary/aromatic N) is 5. The van der Waals surface area contributed by atoms with Crippen molar-refractivity contribution in [3.8, 4) is 22.2 Å². The molecule has 234 valence electrons. The molecule has 0 radical (unpaired) electrons. The number of aliphatic hydroxyl groups excluding tert-OH is 1. The number of methoxy groups -OCH3 is 1. The molecule has 3 atom stereocenters. The first-order valence-corrected chi connectivity index (χ1v) is 14.8. The molecule has 0 saturated carbocycles. The molecule has 0 fully saturated rings. The van der Waals surface area contributed by atoms with Gasteiger partial charge in [-0.05, 0) is 57.5 Å². The normalized spacial score (nSPS) is 13.3. The SMILES string of the molecule is COc1cnc2c(-c3nc4cc(F)c(O[C@@H](C)C(C)N(C(=O)O)c5ccc(C(=O)NC[C@H](C)O)nc5)cc4s3)cc(C)cc2n1. The maximum absolute atomic E-state index is 15.3. The highest BCUT2D eigenvalue weighted by Crippen LogP contribution is 2.37. The van der Waals surface area contributed by atoms with Crippen LogP contribution < -0.4 is 19.7 Å². The Kier molecular flexibility index (Phi) is 9.06. The number of rotatable bonds is 10. The van der Waals surface area contributed by atoms with Crippen molar-refractivity contribution < 1.29 is 33.7 Å². The number of amides is 2. The molecule has 3 heterocycles. The molecule has 0 aliphatic heterocycles. The fourth-order valence-electron chi connectivity index (χ4n) is 4.67. The van der Waals surface area contributed by atoms with Gasteiger partial charge in [0.1, 0.15) is 16.8 Å². The Morgan fingerprint density at radius 3 is 2.51 bits per heavy atom. The van der Waals surface area contributed by atoms with Crippen LogP contribution in [0.15, 0.2) is 48.8 Å². The molecule has 5 aromatic rings. The van der Waals surface area contributed by atoms with E-state index in [1.165, 1.54) is 56.0 Å². The predicted molar refractivity (Wildman–Crippen MR) is 168 cm³/mol. The third-order valence-corrected chi connectivity index (χ3v) is 8.12. The van der Waals surface area contributed by atoms with Crippen LogP contribution in [0.5, 0.6) is 11.6 Å². The van der Waals surface area contributed by atoms with Crippen LogP contribution in [0, 0.1) is 12.7 Å².